The van der Waals surface area contributed by atoms with Crippen LogP contribution in [0.2, 0.25) is 0 Å². The summed E-state index contributed by atoms with van der Waals surface area (Å²) in [5.41, 5.74) is 1.58. The van der Waals surface area contributed by atoms with E-state index in [4.69, 9.17) is 0 Å². The predicted octanol–water partition coefficient (Wildman–Crippen LogP) is 5.47. The Bertz CT molecular complexity index is 531. The Balaban J connectivity index is 6.09. The van der Waals surface area contributed by atoms with E-state index in [-0.39, 0.29) is 23.9 Å². The summed E-state index contributed by atoms with van der Waals surface area (Å²) >= 11 is 0. The summed E-state index contributed by atoms with van der Waals surface area (Å²) in [4.78, 5) is 27.0. The van der Waals surface area contributed by atoms with Gasteiger partial charge in [0.2, 0.25) is 0 Å². The molecule has 2 amide bonds. The van der Waals surface area contributed by atoms with Gasteiger partial charge in [-0.05, 0) is 67.7 Å². The molecule has 0 aliphatic rings. The fraction of sp³-hybridized carbons (Fsp3) is 0.826. The standard InChI is InChI=1S/C23H44N4O2/c1-11-13-14-20(12-2)15-21(22(28)26(18(7)8)24-16(3)4)23(29)27(19(9)10)25-17(5)6/h18-21H,11-15H2,1-10H3. The predicted molar refractivity (Wildman–Crippen MR) is 123 cm³/mol. The second kappa shape index (κ2) is 13.5. The van der Waals surface area contributed by atoms with Crippen molar-refractivity contribution in [2.45, 2.75) is 113 Å². The van der Waals surface area contributed by atoms with Gasteiger partial charge in [-0.15, -0.1) is 0 Å². The van der Waals surface area contributed by atoms with Gasteiger partial charge in [0.05, 0.1) is 0 Å². The highest BCUT2D eigenvalue weighted by Gasteiger charge is 2.37. The SMILES string of the molecule is CCCCC(CC)CC(C(=O)N(N=C(C)C)C(C)C)C(=O)N(N=C(C)C)C(C)C. The molecule has 0 heterocycles. The van der Waals surface area contributed by atoms with Crippen LogP contribution in [0.1, 0.15) is 101 Å². The first kappa shape index (κ1) is 27.3. The van der Waals surface area contributed by atoms with Crippen molar-refractivity contribution >= 4 is 23.2 Å². The molecule has 0 bridgehead atoms. The van der Waals surface area contributed by atoms with Crippen LogP contribution in [-0.2, 0) is 9.59 Å². The topological polar surface area (TPSA) is 65.3 Å². The van der Waals surface area contributed by atoms with E-state index in [1.807, 2.05) is 55.4 Å². The molecule has 0 saturated heterocycles. The van der Waals surface area contributed by atoms with Crippen LogP contribution < -0.4 is 0 Å². The van der Waals surface area contributed by atoms with Crippen molar-refractivity contribution in [3.8, 4) is 0 Å². The highest BCUT2D eigenvalue weighted by Crippen LogP contribution is 2.26. The van der Waals surface area contributed by atoms with E-state index in [1.54, 1.807) is 0 Å². The van der Waals surface area contributed by atoms with Crippen LogP contribution in [-0.4, -0.2) is 45.3 Å². The van der Waals surface area contributed by atoms with Crippen LogP contribution in [0.4, 0.5) is 0 Å². The molecule has 6 heteroatoms. The van der Waals surface area contributed by atoms with Gasteiger partial charge in [-0.25, -0.2) is 10.0 Å². The van der Waals surface area contributed by atoms with Crippen LogP contribution in [0, 0.1) is 11.8 Å². The molecule has 0 aliphatic heterocycles. The van der Waals surface area contributed by atoms with Crippen molar-refractivity contribution in [2.75, 3.05) is 0 Å². The highest BCUT2D eigenvalue weighted by atomic mass is 16.2. The number of carbonyl (C=O) groups excluding carboxylic acids is 2. The Morgan fingerprint density at radius 1 is 0.793 bits per heavy atom. The Morgan fingerprint density at radius 2 is 1.21 bits per heavy atom. The number of amides is 2. The van der Waals surface area contributed by atoms with Gasteiger partial charge in [0.15, 0.2) is 0 Å². The lowest BCUT2D eigenvalue weighted by Crippen LogP contribution is -2.47. The molecule has 0 fully saturated rings. The zero-order valence-electron chi connectivity index (χ0n) is 20.5. The monoisotopic (exact) mass is 408 g/mol. The van der Waals surface area contributed by atoms with Crippen LogP contribution in [0.25, 0.3) is 0 Å². The average molecular weight is 409 g/mol. The van der Waals surface area contributed by atoms with Crippen molar-refractivity contribution in [1.29, 1.82) is 0 Å². The molecule has 168 valence electrons. The number of rotatable bonds is 12. The third-order valence-corrected chi connectivity index (χ3v) is 4.75. The van der Waals surface area contributed by atoms with Crippen LogP contribution in [0.5, 0.6) is 0 Å². The molecule has 0 N–H and O–H groups in total. The maximum Gasteiger partial charge on any atom is 0.255 e. The Morgan fingerprint density at radius 3 is 1.48 bits per heavy atom. The van der Waals surface area contributed by atoms with Crippen molar-refractivity contribution in [3.05, 3.63) is 0 Å². The van der Waals surface area contributed by atoms with Gasteiger partial charge < -0.3 is 0 Å². The van der Waals surface area contributed by atoms with Crippen molar-refractivity contribution in [3.63, 3.8) is 0 Å². The lowest BCUT2D eigenvalue weighted by molar-refractivity contribution is -0.150. The van der Waals surface area contributed by atoms with Crippen LogP contribution in [0.15, 0.2) is 10.2 Å². The van der Waals surface area contributed by atoms with Gasteiger partial charge in [-0.2, -0.15) is 10.2 Å². The lowest BCUT2D eigenvalue weighted by atomic mass is 9.87. The molecule has 0 aromatic heterocycles. The minimum Gasteiger partial charge on any atom is -0.272 e. The fourth-order valence-electron chi connectivity index (χ4n) is 3.21. The minimum atomic E-state index is -0.771. The Labute approximate surface area is 178 Å². The number of hydrogen-bond donors (Lipinski definition) is 0. The van der Waals surface area contributed by atoms with Gasteiger partial charge in [-0.3, -0.25) is 9.59 Å². The molecule has 1 unspecified atom stereocenters. The zero-order chi connectivity index (χ0) is 22.7. The number of hydrogen-bond acceptors (Lipinski definition) is 4. The number of nitrogens with zero attached hydrogens (tertiary/aromatic N) is 4. The van der Waals surface area contributed by atoms with Gasteiger partial charge in [-0.1, -0.05) is 39.5 Å². The van der Waals surface area contributed by atoms with E-state index >= 15 is 0 Å². The normalized spacial score (nSPS) is 12.2. The quantitative estimate of drug-likeness (QED) is 0.244. The van der Waals surface area contributed by atoms with E-state index < -0.39 is 5.92 Å². The average Bonchev–Trinajstić information content (AvgIpc) is 2.62. The molecule has 1 atom stereocenters. The van der Waals surface area contributed by atoms with Crippen molar-refractivity contribution < 1.29 is 9.59 Å². The smallest absolute Gasteiger partial charge is 0.255 e. The summed E-state index contributed by atoms with van der Waals surface area (Å²) in [6, 6.07) is -0.236. The fourth-order valence-corrected chi connectivity index (χ4v) is 3.21. The molecule has 0 aromatic carbocycles. The maximum atomic E-state index is 13.5. The van der Waals surface area contributed by atoms with E-state index in [0.29, 0.717) is 12.3 Å². The molecular formula is C23H44N4O2. The van der Waals surface area contributed by atoms with Gasteiger partial charge in [0, 0.05) is 23.5 Å². The molecule has 0 aliphatic carbocycles. The summed E-state index contributed by atoms with van der Waals surface area (Å²) in [6.07, 6.45) is 4.73. The lowest BCUT2D eigenvalue weighted by Gasteiger charge is -2.31. The third kappa shape index (κ3) is 9.55. The van der Waals surface area contributed by atoms with E-state index in [2.05, 4.69) is 24.1 Å². The van der Waals surface area contributed by atoms with Gasteiger partial charge in [0.25, 0.3) is 11.8 Å². The second-order valence-electron chi connectivity index (χ2n) is 8.85. The van der Waals surface area contributed by atoms with Gasteiger partial charge in [0.1, 0.15) is 5.92 Å². The van der Waals surface area contributed by atoms with Crippen LogP contribution >= 0.6 is 0 Å². The third-order valence-electron chi connectivity index (χ3n) is 4.75. The van der Waals surface area contributed by atoms with Crippen molar-refractivity contribution in [1.82, 2.24) is 10.0 Å². The van der Waals surface area contributed by atoms with Crippen molar-refractivity contribution in [2.24, 2.45) is 22.0 Å². The molecule has 0 saturated carbocycles. The summed E-state index contributed by atoms with van der Waals surface area (Å²) in [7, 11) is 0. The molecule has 0 radical (unpaired) electrons. The first-order valence-electron chi connectivity index (χ1n) is 11.2. The zero-order valence-corrected chi connectivity index (χ0v) is 20.5. The number of hydrazone groups is 2. The second-order valence-corrected chi connectivity index (χ2v) is 8.85. The first-order valence-corrected chi connectivity index (χ1v) is 11.2. The number of unbranched alkanes of at least 4 members (excludes halogenated alkanes) is 1. The Hall–Kier alpha value is -1.72. The Kier molecular flexibility index (Phi) is 12.7. The number of carbonyl (C=O) groups is 2. The summed E-state index contributed by atoms with van der Waals surface area (Å²) in [5, 5.41) is 11.8. The molecular weight excluding hydrogens is 364 g/mol. The summed E-state index contributed by atoms with van der Waals surface area (Å²) in [5.74, 6) is -0.895. The largest absolute Gasteiger partial charge is 0.272 e. The molecule has 0 spiro atoms. The molecule has 6 nitrogen and oxygen atoms in total. The molecule has 0 aromatic rings. The molecule has 0 rings (SSSR count). The minimum absolute atomic E-state index is 0.118. The van der Waals surface area contributed by atoms with Crippen LogP contribution in [0.3, 0.4) is 0 Å². The summed E-state index contributed by atoms with van der Waals surface area (Å²) in [6.45, 7) is 19.4. The first-order chi connectivity index (χ1) is 13.5. The van der Waals surface area contributed by atoms with Gasteiger partial charge >= 0.3 is 0 Å². The van der Waals surface area contributed by atoms with E-state index in [9.17, 15) is 9.59 Å². The highest BCUT2D eigenvalue weighted by molar-refractivity contribution is 6.01. The summed E-state index contributed by atoms with van der Waals surface area (Å²) < 4.78 is 0. The van der Waals surface area contributed by atoms with E-state index in [1.165, 1.54) is 10.0 Å². The maximum absolute atomic E-state index is 13.5. The molecule has 29 heavy (non-hydrogen) atoms. The van der Waals surface area contributed by atoms with E-state index in [0.717, 1.165) is 37.1 Å².